The third-order valence-corrected chi connectivity index (χ3v) is 2.11. The Morgan fingerprint density at radius 2 is 1.73 bits per heavy atom. The van der Waals surface area contributed by atoms with Crippen LogP contribution in [0.1, 0.15) is 0 Å². The lowest BCUT2D eigenvalue weighted by atomic mass is 10.1. The summed E-state index contributed by atoms with van der Waals surface area (Å²) in [4.78, 5) is 0. The van der Waals surface area contributed by atoms with E-state index in [2.05, 4.69) is 4.74 Å². The first kappa shape index (κ1) is 9.71. The molecule has 2 nitrogen and oxygen atoms in total. The van der Waals surface area contributed by atoms with Crippen molar-refractivity contribution < 1.29 is 13.5 Å². The van der Waals surface area contributed by atoms with Crippen LogP contribution in [0.2, 0.25) is 0 Å². The second-order valence-corrected chi connectivity index (χ2v) is 3.08. The molecule has 15 heavy (non-hydrogen) atoms. The number of hydrogen-bond acceptors (Lipinski definition) is 2. The first-order valence-electron chi connectivity index (χ1n) is 4.40. The molecule has 0 aliphatic heterocycles. The lowest BCUT2D eigenvalue weighted by molar-refractivity contribution is -0.0487. The van der Waals surface area contributed by atoms with Crippen molar-refractivity contribution in [1.82, 2.24) is 0 Å². The van der Waals surface area contributed by atoms with Crippen LogP contribution >= 0.6 is 0 Å². The van der Waals surface area contributed by atoms with Gasteiger partial charge >= 0.3 is 6.61 Å². The van der Waals surface area contributed by atoms with Gasteiger partial charge in [-0.3, -0.25) is 0 Å². The highest BCUT2D eigenvalue weighted by atomic mass is 19.3. The van der Waals surface area contributed by atoms with Gasteiger partial charge in [0.25, 0.3) is 0 Å². The number of alkyl halides is 2. The SMILES string of the molecule is Nc1cccc2cccc(OC(F)F)c12. The largest absolute Gasteiger partial charge is 0.434 e. The minimum Gasteiger partial charge on any atom is -0.434 e. The van der Waals surface area contributed by atoms with Gasteiger partial charge in [0.1, 0.15) is 5.75 Å². The third kappa shape index (κ3) is 1.83. The lowest BCUT2D eigenvalue weighted by Crippen LogP contribution is -2.03. The maximum absolute atomic E-state index is 12.1. The van der Waals surface area contributed by atoms with Crippen molar-refractivity contribution in [2.45, 2.75) is 6.61 Å². The molecular formula is C11H9F2NO. The second-order valence-electron chi connectivity index (χ2n) is 3.08. The summed E-state index contributed by atoms with van der Waals surface area (Å²) in [5, 5.41) is 1.31. The highest BCUT2D eigenvalue weighted by molar-refractivity contribution is 5.97. The van der Waals surface area contributed by atoms with Gasteiger partial charge in [0.05, 0.1) is 0 Å². The Hall–Kier alpha value is -1.84. The Kier molecular flexibility index (Phi) is 2.41. The van der Waals surface area contributed by atoms with Gasteiger partial charge in [-0.1, -0.05) is 24.3 Å². The summed E-state index contributed by atoms with van der Waals surface area (Å²) in [6.07, 6.45) is 0. The molecular weight excluding hydrogens is 200 g/mol. The monoisotopic (exact) mass is 209 g/mol. The van der Waals surface area contributed by atoms with Crippen LogP contribution in [0.5, 0.6) is 5.75 Å². The zero-order chi connectivity index (χ0) is 10.8. The number of hydrogen-bond donors (Lipinski definition) is 1. The van der Waals surface area contributed by atoms with Gasteiger partial charge in [0.2, 0.25) is 0 Å². The third-order valence-electron chi connectivity index (χ3n) is 2.11. The van der Waals surface area contributed by atoms with E-state index in [1.807, 2.05) is 0 Å². The van der Waals surface area contributed by atoms with Crippen molar-refractivity contribution in [3.05, 3.63) is 36.4 Å². The maximum Gasteiger partial charge on any atom is 0.387 e. The zero-order valence-electron chi connectivity index (χ0n) is 7.78. The number of rotatable bonds is 2. The fourth-order valence-corrected chi connectivity index (χ4v) is 1.53. The van der Waals surface area contributed by atoms with E-state index in [9.17, 15) is 8.78 Å². The topological polar surface area (TPSA) is 35.2 Å². The number of anilines is 1. The molecule has 0 saturated carbocycles. The van der Waals surface area contributed by atoms with Crippen molar-refractivity contribution in [1.29, 1.82) is 0 Å². The van der Waals surface area contributed by atoms with Gasteiger partial charge in [-0.25, -0.2) is 0 Å². The molecule has 0 heterocycles. The number of fused-ring (bicyclic) bond motifs is 1. The zero-order valence-corrected chi connectivity index (χ0v) is 7.78. The fraction of sp³-hybridized carbons (Fsp3) is 0.0909. The second kappa shape index (κ2) is 3.73. The lowest BCUT2D eigenvalue weighted by Gasteiger charge is -2.09. The summed E-state index contributed by atoms with van der Waals surface area (Å²) >= 11 is 0. The summed E-state index contributed by atoms with van der Waals surface area (Å²) in [5.41, 5.74) is 6.14. The minimum atomic E-state index is -2.84. The predicted molar refractivity (Wildman–Crippen MR) is 55.0 cm³/mol. The van der Waals surface area contributed by atoms with Crippen molar-refractivity contribution in [2.75, 3.05) is 5.73 Å². The maximum atomic E-state index is 12.1. The molecule has 0 fully saturated rings. The van der Waals surface area contributed by atoms with Gasteiger partial charge in [0.15, 0.2) is 0 Å². The Morgan fingerprint density at radius 3 is 2.40 bits per heavy atom. The molecule has 0 spiro atoms. The molecule has 0 aromatic heterocycles. The van der Waals surface area contributed by atoms with Crippen LogP contribution < -0.4 is 10.5 Å². The van der Waals surface area contributed by atoms with E-state index in [4.69, 9.17) is 5.73 Å². The molecule has 0 atom stereocenters. The van der Waals surface area contributed by atoms with E-state index in [1.165, 1.54) is 6.07 Å². The molecule has 2 rings (SSSR count). The van der Waals surface area contributed by atoms with Crippen LogP contribution in [0.4, 0.5) is 14.5 Å². The van der Waals surface area contributed by atoms with Crippen LogP contribution in [0.15, 0.2) is 36.4 Å². The summed E-state index contributed by atoms with van der Waals surface area (Å²) in [7, 11) is 0. The van der Waals surface area contributed by atoms with Gasteiger partial charge in [-0.15, -0.1) is 0 Å². The molecule has 0 bridgehead atoms. The molecule has 0 unspecified atom stereocenters. The fourth-order valence-electron chi connectivity index (χ4n) is 1.53. The van der Waals surface area contributed by atoms with Crippen LogP contribution in [0.25, 0.3) is 10.8 Å². The summed E-state index contributed by atoms with van der Waals surface area (Å²) in [6, 6.07) is 10.1. The number of nitrogens with two attached hydrogens (primary N) is 1. The minimum absolute atomic E-state index is 0.112. The number of benzene rings is 2. The average molecular weight is 209 g/mol. The molecule has 0 aliphatic carbocycles. The Labute approximate surface area is 85.3 Å². The predicted octanol–water partition coefficient (Wildman–Crippen LogP) is 3.02. The van der Waals surface area contributed by atoms with Crippen molar-refractivity contribution in [2.24, 2.45) is 0 Å². The Morgan fingerprint density at radius 1 is 1.07 bits per heavy atom. The summed E-state index contributed by atoms with van der Waals surface area (Å²) in [6.45, 7) is -2.84. The molecule has 0 radical (unpaired) electrons. The average Bonchev–Trinajstić information content (AvgIpc) is 2.17. The summed E-state index contributed by atoms with van der Waals surface area (Å²) < 4.78 is 28.6. The standard InChI is InChI=1S/C11H9F2NO/c12-11(13)15-9-6-2-4-7-3-1-5-8(14)10(7)9/h1-6,11H,14H2. The van der Waals surface area contributed by atoms with Crippen LogP contribution in [-0.4, -0.2) is 6.61 Å². The highest BCUT2D eigenvalue weighted by Gasteiger charge is 2.09. The number of nitrogen functional groups attached to an aromatic ring is 1. The van der Waals surface area contributed by atoms with Gasteiger partial charge in [-0.05, 0) is 17.5 Å². The van der Waals surface area contributed by atoms with Crippen LogP contribution in [0.3, 0.4) is 0 Å². The number of halogens is 2. The smallest absolute Gasteiger partial charge is 0.387 e. The van der Waals surface area contributed by atoms with Crippen LogP contribution in [-0.2, 0) is 0 Å². The molecule has 0 aliphatic rings. The Balaban J connectivity index is 2.63. The van der Waals surface area contributed by atoms with E-state index in [1.54, 1.807) is 30.3 Å². The van der Waals surface area contributed by atoms with E-state index < -0.39 is 6.61 Å². The molecule has 0 saturated heterocycles. The molecule has 2 aromatic rings. The van der Waals surface area contributed by atoms with Crippen molar-refractivity contribution >= 4 is 16.5 Å². The molecule has 78 valence electrons. The van der Waals surface area contributed by atoms with Gasteiger partial charge in [-0.2, -0.15) is 8.78 Å². The Bertz CT molecular complexity index is 480. The van der Waals surface area contributed by atoms with E-state index in [0.717, 1.165) is 5.39 Å². The highest BCUT2D eigenvalue weighted by Crippen LogP contribution is 2.31. The quantitative estimate of drug-likeness (QED) is 0.771. The molecule has 4 heteroatoms. The summed E-state index contributed by atoms with van der Waals surface area (Å²) in [5.74, 6) is 0.112. The molecule has 0 amide bonds. The molecule has 2 aromatic carbocycles. The van der Waals surface area contributed by atoms with Crippen LogP contribution in [0, 0.1) is 0 Å². The van der Waals surface area contributed by atoms with Gasteiger partial charge < -0.3 is 10.5 Å². The van der Waals surface area contributed by atoms with Crippen molar-refractivity contribution in [3.63, 3.8) is 0 Å². The van der Waals surface area contributed by atoms with E-state index >= 15 is 0 Å². The first-order chi connectivity index (χ1) is 7.18. The van der Waals surface area contributed by atoms with Crippen molar-refractivity contribution in [3.8, 4) is 5.75 Å². The van der Waals surface area contributed by atoms with Gasteiger partial charge in [0, 0.05) is 11.1 Å². The normalized spacial score (nSPS) is 10.9. The molecule has 2 N–H and O–H groups in total. The number of ether oxygens (including phenoxy) is 1. The van der Waals surface area contributed by atoms with E-state index in [-0.39, 0.29) is 5.75 Å². The van der Waals surface area contributed by atoms with E-state index in [0.29, 0.717) is 11.1 Å². The first-order valence-corrected chi connectivity index (χ1v) is 4.40.